The first-order valence-electron chi connectivity index (χ1n) is 11.4. The molecule has 1 saturated heterocycles. The van der Waals surface area contributed by atoms with Gasteiger partial charge < -0.3 is 24.8 Å². The van der Waals surface area contributed by atoms with Crippen LogP contribution in [0.5, 0.6) is 17.2 Å². The molecule has 0 unspecified atom stereocenters. The van der Waals surface area contributed by atoms with Crippen LogP contribution in [0.4, 0.5) is 15.8 Å². The number of amides is 2. The highest BCUT2D eigenvalue weighted by atomic mass is 35.5. The summed E-state index contributed by atoms with van der Waals surface area (Å²) in [4.78, 5) is 29.7. The van der Waals surface area contributed by atoms with Gasteiger partial charge >= 0.3 is 0 Å². The Morgan fingerprint density at radius 3 is 2.55 bits per heavy atom. The maximum Gasteiger partial charge on any atom is 0.264 e. The van der Waals surface area contributed by atoms with Crippen molar-refractivity contribution in [2.45, 2.75) is 6.92 Å². The molecule has 1 aliphatic heterocycles. The molecule has 1 fully saturated rings. The van der Waals surface area contributed by atoms with Crippen molar-refractivity contribution in [1.29, 1.82) is 0 Å². The zero-order valence-electron chi connectivity index (χ0n) is 20.4. The lowest BCUT2D eigenvalue weighted by Crippen LogP contribution is -2.20. The predicted octanol–water partition coefficient (Wildman–Crippen LogP) is 5.80. The summed E-state index contributed by atoms with van der Waals surface area (Å²) in [5.74, 6) is 0.0579. The molecule has 1 aliphatic rings. The number of rotatable bonds is 9. The first-order chi connectivity index (χ1) is 18.3. The second-order valence-corrected chi connectivity index (χ2v) is 9.22. The second-order valence-electron chi connectivity index (χ2n) is 7.79. The van der Waals surface area contributed by atoms with Gasteiger partial charge in [-0.25, -0.2) is 9.38 Å². The van der Waals surface area contributed by atoms with E-state index in [0.29, 0.717) is 45.1 Å². The van der Waals surface area contributed by atoms with Crippen LogP contribution in [0.15, 0.2) is 70.6 Å². The maximum absolute atomic E-state index is 13.1. The molecule has 196 valence electrons. The summed E-state index contributed by atoms with van der Waals surface area (Å²) in [6, 6.07) is 15.8. The van der Waals surface area contributed by atoms with Crippen LogP contribution in [0, 0.1) is 5.82 Å². The Balaban J connectivity index is 1.47. The fourth-order valence-corrected chi connectivity index (χ4v) is 4.46. The van der Waals surface area contributed by atoms with Gasteiger partial charge in [0.15, 0.2) is 23.3 Å². The fraction of sp³-hybridized carbons (Fsp3) is 0.148. The lowest BCUT2D eigenvalue weighted by atomic mass is 10.2. The molecule has 0 bridgehead atoms. The first-order valence-corrected chi connectivity index (χ1v) is 12.6. The molecule has 4 rings (SSSR count). The van der Waals surface area contributed by atoms with Gasteiger partial charge in [0.05, 0.1) is 29.3 Å². The molecule has 0 spiro atoms. The van der Waals surface area contributed by atoms with Crippen molar-refractivity contribution in [3.05, 3.63) is 82.0 Å². The van der Waals surface area contributed by atoms with Crippen molar-refractivity contribution in [2.24, 2.45) is 4.99 Å². The Kier molecular flexibility index (Phi) is 8.88. The summed E-state index contributed by atoms with van der Waals surface area (Å²) in [6.45, 7) is 1.77. The number of thioether (sulfide) groups is 1. The molecular formula is C27H23ClFN3O5S. The molecule has 2 amide bonds. The predicted molar refractivity (Wildman–Crippen MR) is 147 cm³/mol. The number of methoxy groups -OCH3 is 1. The van der Waals surface area contributed by atoms with E-state index in [4.69, 9.17) is 25.8 Å². The molecule has 0 atom stereocenters. The SMILES string of the molecule is CCOc1cc(/C=C2/SC(=Nc3ccc(OC)cc3)NC2=O)cc(Cl)c1OCC(=O)Nc1ccc(F)cc1. The summed E-state index contributed by atoms with van der Waals surface area (Å²) < 4.78 is 29.5. The number of halogens is 2. The molecule has 3 aromatic rings. The Bertz CT molecular complexity index is 1400. The van der Waals surface area contributed by atoms with Crippen molar-refractivity contribution in [1.82, 2.24) is 5.32 Å². The average Bonchev–Trinajstić information content (AvgIpc) is 3.23. The lowest BCUT2D eigenvalue weighted by molar-refractivity contribution is -0.118. The number of carbonyl (C=O) groups is 2. The largest absolute Gasteiger partial charge is 0.497 e. The van der Waals surface area contributed by atoms with Crippen molar-refractivity contribution in [2.75, 3.05) is 25.6 Å². The number of hydrogen-bond donors (Lipinski definition) is 2. The van der Waals surface area contributed by atoms with Gasteiger partial charge in [0.25, 0.3) is 11.8 Å². The molecule has 1 heterocycles. The third kappa shape index (κ3) is 7.05. The van der Waals surface area contributed by atoms with Crippen LogP contribution >= 0.6 is 23.4 Å². The van der Waals surface area contributed by atoms with E-state index in [1.54, 1.807) is 56.5 Å². The van der Waals surface area contributed by atoms with Crippen LogP contribution in [0.2, 0.25) is 5.02 Å². The zero-order valence-corrected chi connectivity index (χ0v) is 22.0. The van der Waals surface area contributed by atoms with Crippen molar-refractivity contribution in [3.8, 4) is 17.2 Å². The standard InChI is InChI=1S/C27H23ClFN3O5S/c1-3-36-22-13-16(12-21(28)25(22)37-15-24(33)30-18-6-4-17(29)5-7-18)14-23-26(34)32-27(38-23)31-19-8-10-20(35-2)11-9-19/h4-14H,3,15H2,1-2H3,(H,30,33)(H,31,32,34)/b23-14+. The van der Waals surface area contributed by atoms with E-state index >= 15 is 0 Å². The van der Waals surface area contributed by atoms with E-state index in [2.05, 4.69) is 15.6 Å². The van der Waals surface area contributed by atoms with Gasteiger partial charge in [-0.1, -0.05) is 11.6 Å². The molecule has 0 aliphatic carbocycles. The van der Waals surface area contributed by atoms with E-state index in [1.165, 1.54) is 36.0 Å². The normalized spacial score (nSPS) is 14.9. The molecular weight excluding hydrogens is 533 g/mol. The first kappa shape index (κ1) is 27.0. The summed E-state index contributed by atoms with van der Waals surface area (Å²) in [5, 5.41) is 6.00. The van der Waals surface area contributed by atoms with Gasteiger partial charge in [-0.3, -0.25) is 9.59 Å². The Morgan fingerprint density at radius 2 is 1.87 bits per heavy atom. The van der Waals surface area contributed by atoms with E-state index in [1.807, 2.05) is 0 Å². The minimum Gasteiger partial charge on any atom is -0.497 e. The fourth-order valence-electron chi connectivity index (χ4n) is 3.35. The number of anilines is 1. The highest BCUT2D eigenvalue weighted by molar-refractivity contribution is 8.18. The zero-order chi connectivity index (χ0) is 27.1. The van der Waals surface area contributed by atoms with Gasteiger partial charge in [0.1, 0.15) is 11.6 Å². The van der Waals surface area contributed by atoms with E-state index in [0.717, 1.165) is 0 Å². The summed E-state index contributed by atoms with van der Waals surface area (Å²) >= 11 is 7.66. The van der Waals surface area contributed by atoms with Crippen LogP contribution in [-0.4, -0.2) is 37.3 Å². The summed E-state index contributed by atoms with van der Waals surface area (Å²) in [7, 11) is 1.58. The van der Waals surface area contributed by atoms with Gasteiger partial charge in [0.2, 0.25) is 0 Å². The molecule has 3 aromatic carbocycles. The molecule has 0 radical (unpaired) electrons. The Morgan fingerprint density at radius 1 is 1.13 bits per heavy atom. The molecule has 0 aromatic heterocycles. The van der Waals surface area contributed by atoms with Gasteiger partial charge in [0, 0.05) is 5.69 Å². The molecule has 11 heteroatoms. The van der Waals surface area contributed by atoms with Crippen LogP contribution < -0.4 is 24.8 Å². The number of nitrogens with zero attached hydrogens (tertiary/aromatic N) is 1. The second kappa shape index (κ2) is 12.5. The van der Waals surface area contributed by atoms with Crippen LogP contribution in [0.1, 0.15) is 12.5 Å². The van der Waals surface area contributed by atoms with Gasteiger partial charge in [-0.2, -0.15) is 0 Å². The number of ether oxygens (including phenoxy) is 3. The number of hydrogen-bond acceptors (Lipinski definition) is 7. The maximum atomic E-state index is 13.1. The minimum absolute atomic E-state index is 0.190. The van der Waals surface area contributed by atoms with Gasteiger partial charge in [-0.15, -0.1) is 0 Å². The molecule has 2 N–H and O–H groups in total. The van der Waals surface area contributed by atoms with Crippen molar-refractivity contribution >= 4 is 57.8 Å². The minimum atomic E-state index is -0.455. The molecule has 8 nitrogen and oxygen atoms in total. The van der Waals surface area contributed by atoms with Crippen molar-refractivity contribution in [3.63, 3.8) is 0 Å². The third-order valence-electron chi connectivity index (χ3n) is 5.06. The number of carbonyl (C=O) groups excluding carboxylic acids is 2. The van der Waals surface area contributed by atoms with E-state index in [-0.39, 0.29) is 23.3 Å². The van der Waals surface area contributed by atoms with Crippen LogP contribution in [0.25, 0.3) is 6.08 Å². The topological polar surface area (TPSA) is 98.2 Å². The van der Waals surface area contributed by atoms with Crippen LogP contribution in [0.3, 0.4) is 0 Å². The number of amidine groups is 1. The number of nitrogens with one attached hydrogen (secondary N) is 2. The Hall–Kier alpha value is -4.02. The molecule has 38 heavy (non-hydrogen) atoms. The lowest BCUT2D eigenvalue weighted by Gasteiger charge is -2.14. The smallest absolute Gasteiger partial charge is 0.264 e. The Labute approximate surface area is 227 Å². The number of aliphatic imine (C=N–C) groups is 1. The monoisotopic (exact) mass is 555 g/mol. The highest BCUT2D eigenvalue weighted by Crippen LogP contribution is 2.38. The highest BCUT2D eigenvalue weighted by Gasteiger charge is 2.24. The third-order valence-corrected chi connectivity index (χ3v) is 6.25. The van der Waals surface area contributed by atoms with E-state index in [9.17, 15) is 14.0 Å². The summed E-state index contributed by atoms with van der Waals surface area (Å²) in [5.41, 5.74) is 1.70. The van der Waals surface area contributed by atoms with Crippen LogP contribution in [-0.2, 0) is 9.59 Å². The summed E-state index contributed by atoms with van der Waals surface area (Å²) in [6.07, 6.45) is 1.66. The quantitative estimate of drug-likeness (QED) is 0.324. The number of benzene rings is 3. The van der Waals surface area contributed by atoms with Crippen molar-refractivity contribution < 1.29 is 28.2 Å². The van der Waals surface area contributed by atoms with E-state index < -0.39 is 11.7 Å². The van der Waals surface area contributed by atoms with Gasteiger partial charge in [-0.05, 0) is 91.0 Å². The molecule has 0 saturated carbocycles. The average molecular weight is 556 g/mol.